The largest absolute Gasteiger partial charge is 0.493 e. The van der Waals surface area contributed by atoms with Gasteiger partial charge in [-0.05, 0) is 62.9 Å². The number of aryl methyl sites for hydroxylation is 1. The van der Waals surface area contributed by atoms with Crippen LogP contribution in [0.1, 0.15) is 49.2 Å². The van der Waals surface area contributed by atoms with E-state index < -0.39 is 0 Å². The summed E-state index contributed by atoms with van der Waals surface area (Å²) in [5.74, 6) is 1.99. The molecular weight excluding hydrogens is 387 g/mol. The van der Waals surface area contributed by atoms with E-state index in [0.717, 1.165) is 54.9 Å². The van der Waals surface area contributed by atoms with Crippen LogP contribution in [0.2, 0.25) is 0 Å². The number of fused-ring (bicyclic) bond motifs is 1. The van der Waals surface area contributed by atoms with Gasteiger partial charge < -0.3 is 9.47 Å². The van der Waals surface area contributed by atoms with E-state index in [9.17, 15) is 4.39 Å². The molecule has 2 atom stereocenters. The second-order valence-corrected chi connectivity index (χ2v) is 7.77. The molecule has 0 unspecified atom stereocenters. The van der Waals surface area contributed by atoms with Gasteiger partial charge >= 0.3 is 0 Å². The quantitative estimate of drug-likeness (QED) is 0.693. The number of benzene rings is 1. The number of ether oxygens (including phenoxy) is 2. The Hall–Kier alpha value is -1.79. The molecule has 3 heterocycles. The third kappa shape index (κ3) is 5.04. The van der Waals surface area contributed by atoms with Crippen molar-refractivity contribution in [1.29, 1.82) is 0 Å². The standard InChI is InChI=1S/C22H27FN2O2.CH4.H2S/c1-14-8-17(10-22(24-14)26-3)9-16-4-6-25(13-16)15(2)19-12-21-18(5-7-27-21)11-20(19)23;;/h8,10-12,15-16H,4-7,9,13H2,1-3H3;1H4;1H2/t15-,16-;;/m1../s1. The van der Waals surface area contributed by atoms with Gasteiger partial charge in [0.2, 0.25) is 5.88 Å². The highest BCUT2D eigenvalue weighted by atomic mass is 32.1. The molecule has 0 spiro atoms. The number of hydrogen-bond donors (Lipinski definition) is 0. The Morgan fingerprint density at radius 1 is 1.31 bits per heavy atom. The lowest BCUT2D eigenvalue weighted by Gasteiger charge is -2.25. The number of rotatable bonds is 5. The van der Waals surface area contributed by atoms with E-state index >= 15 is 0 Å². The SMILES string of the molecule is C.COc1cc(C[C@H]2CCN([C@H](C)c3cc4c(cc3F)CCO4)C2)cc(C)n1.S. The van der Waals surface area contributed by atoms with E-state index in [-0.39, 0.29) is 32.8 Å². The zero-order chi connectivity index (χ0) is 19.0. The molecule has 2 aliphatic heterocycles. The van der Waals surface area contributed by atoms with Crippen LogP contribution >= 0.6 is 13.5 Å². The van der Waals surface area contributed by atoms with E-state index in [4.69, 9.17) is 9.47 Å². The van der Waals surface area contributed by atoms with Crippen LogP contribution in [-0.4, -0.2) is 36.7 Å². The Morgan fingerprint density at radius 2 is 2.10 bits per heavy atom. The van der Waals surface area contributed by atoms with Gasteiger partial charge in [-0.2, -0.15) is 13.5 Å². The monoisotopic (exact) mass is 420 g/mol. The van der Waals surface area contributed by atoms with Crippen LogP contribution in [0.15, 0.2) is 24.3 Å². The average Bonchev–Trinajstić information content (AvgIpc) is 3.28. The number of hydrogen-bond acceptors (Lipinski definition) is 4. The van der Waals surface area contributed by atoms with Crippen molar-refractivity contribution >= 4 is 13.5 Å². The average molecular weight is 421 g/mol. The maximum absolute atomic E-state index is 14.6. The van der Waals surface area contributed by atoms with Crippen molar-refractivity contribution in [3.8, 4) is 11.6 Å². The van der Waals surface area contributed by atoms with Crippen molar-refractivity contribution in [3.63, 3.8) is 0 Å². The fourth-order valence-corrected chi connectivity index (χ4v) is 4.37. The molecule has 1 aromatic heterocycles. The van der Waals surface area contributed by atoms with Crippen molar-refractivity contribution in [3.05, 3.63) is 52.5 Å². The lowest BCUT2D eigenvalue weighted by molar-refractivity contribution is 0.246. The molecule has 1 fully saturated rings. The second kappa shape index (κ2) is 9.81. The first kappa shape index (κ1) is 23.5. The summed E-state index contributed by atoms with van der Waals surface area (Å²) in [5, 5.41) is 0. The topological polar surface area (TPSA) is 34.6 Å². The molecule has 2 aromatic rings. The number of halogens is 1. The van der Waals surface area contributed by atoms with Crippen molar-refractivity contribution in [2.24, 2.45) is 5.92 Å². The Morgan fingerprint density at radius 3 is 2.86 bits per heavy atom. The van der Waals surface area contributed by atoms with Gasteiger partial charge in [0.25, 0.3) is 0 Å². The summed E-state index contributed by atoms with van der Waals surface area (Å²) in [6.45, 7) is 6.72. The van der Waals surface area contributed by atoms with Crippen LogP contribution in [0.5, 0.6) is 11.6 Å². The van der Waals surface area contributed by atoms with Crippen LogP contribution in [0.3, 0.4) is 0 Å². The minimum Gasteiger partial charge on any atom is -0.493 e. The van der Waals surface area contributed by atoms with Crippen molar-refractivity contribution in [2.45, 2.75) is 46.6 Å². The number of methoxy groups -OCH3 is 1. The molecule has 0 N–H and O–H groups in total. The summed E-state index contributed by atoms with van der Waals surface area (Å²) < 4.78 is 25.5. The van der Waals surface area contributed by atoms with Gasteiger partial charge in [0, 0.05) is 41.9 Å². The number of aromatic nitrogens is 1. The first-order chi connectivity index (χ1) is 13.0. The highest BCUT2D eigenvalue weighted by Crippen LogP contribution is 2.35. The minimum absolute atomic E-state index is 0. The van der Waals surface area contributed by atoms with E-state index in [1.165, 1.54) is 5.56 Å². The molecular formula is C23H33FN2O2S. The fraction of sp³-hybridized carbons (Fsp3) is 0.522. The number of nitrogens with zero attached hydrogens (tertiary/aromatic N) is 2. The summed E-state index contributed by atoms with van der Waals surface area (Å²) >= 11 is 0. The highest BCUT2D eigenvalue weighted by molar-refractivity contribution is 7.59. The zero-order valence-corrected chi connectivity index (χ0v) is 17.8. The number of pyridine rings is 1. The Labute approximate surface area is 180 Å². The van der Waals surface area contributed by atoms with E-state index in [0.29, 0.717) is 18.4 Å². The molecule has 1 aromatic carbocycles. The smallest absolute Gasteiger partial charge is 0.213 e. The minimum atomic E-state index is -0.107. The normalized spacial score (nSPS) is 19.0. The Bertz CT molecular complexity index is 846. The van der Waals surface area contributed by atoms with Gasteiger partial charge in [0.1, 0.15) is 11.6 Å². The maximum Gasteiger partial charge on any atom is 0.213 e. The van der Waals surface area contributed by atoms with Gasteiger partial charge in [0.05, 0.1) is 13.7 Å². The predicted molar refractivity (Wildman–Crippen MR) is 120 cm³/mol. The lowest BCUT2D eigenvalue weighted by atomic mass is 9.98. The molecule has 2 aliphatic rings. The van der Waals surface area contributed by atoms with Gasteiger partial charge in [-0.1, -0.05) is 7.43 Å². The second-order valence-electron chi connectivity index (χ2n) is 7.77. The summed E-state index contributed by atoms with van der Waals surface area (Å²) in [6, 6.07) is 7.78. The van der Waals surface area contributed by atoms with Crippen LogP contribution in [0.4, 0.5) is 4.39 Å². The molecule has 0 radical (unpaired) electrons. The molecule has 160 valence electrons. The summed E-state index contributed by atoms with van der Waals surface area (Å²) in [4.78, 5) is 6.75. The van der Waals surface area contributed by atoms with Crippen LogP contribution in [-0.2, 0) is 12.8 Å². The molecule has 29 heavy (non-hydrogen) atoms. The first-order valence-corrected chi connectivity index (χ1v) is 9.74. The van der Waals surface area contributed by atoms with E-state index in [1.54, 1.807) is 13.2 Å². The third-order valence-corrected chi connectivity index (χ3v) is 5.85. The molecule has 0 amide bonds. The zero-order valence-electron chi connectivity index (χ0n) is 16.8. The van der Waals surface area contributed by atoms with Crippen molar-refractivity contribution < 1.29 is 13.9 Å². The molecule has 0 aliphatic carbocycles. The lowest BCUT2D eigenvalue weighted by Crippen LogP contribution is -2.25. The van der Waals surface area contributed by atoms with Crippen molar-refractivity contribution in [1.82, 2.24) is 9.88 Å². The summed E-state index contributed by atoms with van der Waals surface area (Å²) in [5.41, 5.74) is 3.98. The van der Waals surface area contributed by atoms with Gasteiger partial charge in [-0.15, -0.1) is 0 Å². The summed E-state index contributed by atoms with van der Waals surface area (Å²) in [6.07, 6.45) is 2.93. The molecule has 1 saturated heterocycles. The fourth-order valence-electron chi connectivity index (χ4n) is 4.37. The van der Waals surface area contributed by atoms with Crippen LogP contribution < -0.4 is 9.47 Å². The van der Waals surface area contributed by atoms with Gasteiger partial charge in [-0.25, -0.2) is 9.37 Å². The molecule has 6 heteroatoms. The predicted octanol–water partition coefficient (Wildman–Crippen LogP) is 4.85. The third-order valence-electron chi connectivity index (χ3n) is 5.85. The maximum atomic E-state index is 14.6. The molecule has 0 saturated carbocycles. The highest BCUT2D eigenvalue weighted by Gasteiger charge is 2.29. The summed E-state index contributed by atoms with van der Waals surface area (Å²) in [7, 11) is 1.65. The van der Waals surface area contributed by atoms with E-state index in [2.05, 4.69) is 22.9 Å². The molecule has 4 rings (SSSR count). The van der Waals surface area contributed by atoms with Gasteiger partial charge in [0.15, 0.2) is 0 Å². The van der Waals surface area contributed by atoms with Crippen LogP contribution in [0.25, 0.3) is 0 Å². The van der Waals surface area contributed by atoms with Crippen LogP contribution in [0, 0.1) is 18.7 Å². The molecule has 0 bridgehead atoms. The first-order valence-electron chi connectivity index (χ1n) is 9.74. The van der Waals surface area contributed by atoms with Gasteiger partial charge in [-0.3, -0.25) is 4.90 Å². The Balaban J connectivity index is 0.00000150. The molecule has 4 nitrogen and oxygen atoms in total. The van der Waals surface area contributed by atoms with Crippen molar-refractivity contribution in [2.75, 3.05) is 26.8 Å². The van der Waals surface area contributed by atoms with E-state index in [1.807, 2.05) is 19.1 Å². The Kier molecular flexibility index (Phi) is 7.94. The number of likely N-dealkylation sites (tertiary alicyclic amines) is 1.